The summed E-state index contributed by atoms with van der Waals surface area (Å²) in [5, 5.41) is 5.66. The lowest BCUT2D eigenvalue weighted by Gasteiger charge is -2.11. The SMILES string of the molecule is CCOc1cc(/C=C/C(=O)Nc2ccc(C(=O)NC)cc2)cc(Cl)c1OC. The second-order valence-corrected chi connectivity index (χ2v) is 5.85. The molecular formula is C20H21ClN2O4. The molecule has 2 rings (SSSR count). The minimum Gasteiger partial charge on any atom is -0.491 e. The highest BCUT2D eigenvalue weighted by atomic mass is 35.5. The predicted molar refractivity (Wildman–Crippen MR) is 107 cm³/mol. The number of ether oxygens (including phenoxy) is 2. The minimum absolute atomic E-state index is 0.186. The van der Waals surface area contributed by atoms with E-state index < -0.39 is 0 Å². The third-order valence-electron chi connectivity index (χ3n) is 3.60. The molecular weight excluding hydrogens is 368 g/mol. The molecule has 2 aromatic rings. The molecule has 27 heavy (non-hydrogen) atoms. The van der Waals surface area contributed by atoms with Gasteiger partial charge in [-0.05, 0) is 55.0 Å². The largest absolute Gasteiger partial charge is 0.491 e. The zero-order valence-electron chi connectivity index (χ0n) is 15.3. The van der Waals surface area contributed by atoms with Crippen molar-refractivity contribution in [1.82, 2.24) is 5.32 Å². The fourth-order valence-electron chi connectivity index (χ4n) is 2.35. The number of amides is 2. The number of anilines is 1. The van der Waals surface area contributed by atoms with Crippen LogP contribution >= 0.6 is 11.6 Å². The topological polar surface area (TPSA) is 76.7 Å². The molecule has 2 amide bonds. The lowest BCUT2D eigenvalue weighted by atomic mass is 10.1. The maximum Gasteiger partial charge on any atom is 0.251 e. The minimum atomic E-state index is -0.312. The number of carbonyl (C=O) groups excluding carboxylic acids is 2. The van der Waals surface area contributed by atoms with Crippen LogP contribution < -0.4 is 20.1 Å². The zero-order valence-corrected chi connectivity index (χ0v) is 16.1. The van der Waals surface area contributed by atoms with E-state index in [9.17, 15) is 9.59 Å². The number of benzene rings is 2. The van der Waals surface area contributed by atoms with Gasteiger partial charge in [0.1, 0.15) is 0 Å². The van der Waals surface area contributed by atoms with Crippen LogP contribution in [0.1, 0.15) is 22.8 Å². The Morgan fingerprint density at radius 2 is 1.89 bits per heavy atom. The van der Waals surface area contributed by atoms with E-state index in [2.05, 4.69) is 10.6 Å². The first-order chi connectivity index (χ1) is 13.0. The molecule has 0 bridgehead atoms. The molecule has 6 nitrogen and oxygen atoms in total. The standard InChI is InChI=1S/C20H21ClN2O4/c1-4-27-17-12-13(11-16(21)19(17)26-3)5-10-18(24)23-15-8-6-14(7-9-15)20(25)22-2/h5-12H,4H2,1-3H3,(H,22,25)(H,23,24)/b10-5+. The van der Waals surface area contributed by atoms with Gasteiger partial charge in [-0.25, -0.2) is 0 Å². The van der Waals surface area contributed by atoms with E-state index in [4.69, 9.17) is 21.1 Å². The lowest BCUT2D eigenvalue weighted by molar-refractivity contribution is -0.111. The Labute approximate surface area is 163 Å². The van der Waals surface area contributed by atoms with Crippen molar-refractivity contribution in [3.05, 3.63) is 58.6 Å². The Hall–Kier alpha value is -2.99. The summed E-state index contributed by atoms with van der Waals surface area (Å²) in [6.45, 7) is 2.32. The van der Waals surface area contributed by atoms with Crippen molar-refractivity contribution in [2.75, 3.05) is 26.1 Å². The monoisotopic (exact) mass is 388 g/mol. The van der Waals surface area contributed by atoms with Crippen LogP contribution in [0.15, 0.2) is 42.5 Å². The van der Waals surface area contributed by atoms with Crippen LogP contribution in [0.25, 0.3) is 6.08 Å². The van der Waals surface area contributed by atoms with Crippen LogP contribution in [0.5, 0.6) is 11.5 Å². The molecule has 0 saturated heterocycles. The van der Waals surface area contributed by atoms with Gasteiger partial charge in [0.05, 0.1) is 18.7 Å². The summed E-state index contributed by atoms with van der Waals surface area (Å²) in [6.07, 6.45) is 3.02. The zero-order chi connectivity index (χ0) is 19.8. The highest BCUT2D eigenvalue weighted by Gasteiger charge is 2.10. The maximum absolute atomic E-state index is 12.1. The Morgan fingerprint density at radius 1 is 1.19 bits per heavy atom. The predicted octanol–water partition coefficient (Wildman–Crippen LogP) is 3.76. The summed E-state index contributed by atoms with van der Waals surface area (Å²) in [7, 11) is 3.08. The first-order valence-corrected chi connectivity index (χ1v) is 8.67. The van der Waals surface area contributed by atoms with Crippen LogP contribution in [0.3, 0.4) is 0 Å². The quantitative estimate of drug-likeness (QED) is 0.708. The number of hydrogen-bond donors (Lipinski definition) is 2. The van der Waals surface area contributed by atoms with Crippen LogP contribution in [0.4, 0.5) is 5.69 Å². The normalized spacial score (nSPS) is 10.5. The van der Waals surface area contributed by atoms with Gasteiger partial charge in [-0.1, -0.05) is 11.6 Å². The summed E-state index contributed by atoms with van der Waals surface area (Å²) in [4.78, 5) is 23.6. The summed E-state index contributed by atoms with van der Waals surface area (Å²) in [6, 6.07) is 10.0. The molecule has 0 unspecified atom stereocenters. The molecule has 0 saturated carbocycles. The second-order valence-electron chi connectivity index (χ2n) is 5.45. The van der Waals surface area contributed by atoms with E-state index in [0.717, 1.165) is 0 Å². The van der Waals surface area contributed by atoms with Crippen molar-refractivity contribution < 1.29 is 19.1 Å². The van der Waals surface area contributed by atoms with Gasteiger partial charge in [0.2, 0.25) is 5.91 Å². The van der Waals surface area contributed by atoms with Crippen molar-refractivity contribution in [2.24, 2.45) is 0 Å². The molecule has 0 aromatic heterocycles. The Morgan fingerprint density at radius 3 is 2.48 bits per heavy atom. The summed E-state index contributed by atoms with van der Waals surface area (Å²) < 4.78 is 10.7. The molecule has 0 fully saturated rings. The molecule has 0 aliphatic rings. The number of methoxy groups -OCH3 is 1. The third kappa shape index (κ3) is 5.49. The summed E-state index contributed by atoms with van der Waals surface area (Å²) in [5.41, 5.74) is 1.80. The van der Waals surface area contributed by atoms with Crippen molar-refractivity contribution in [3.63, 3.8) is 0 Å². The number of rotatable bonds is 7. The molecule has 2 N–H and O–H groups in total. The van der Waals surface area contributed by atoms with Crippen molar-refractivity contribution >= 4 is 35.2 Å². The summed E-state index contributed by atoms with van der Waals surface area (Å²) in [5.74, 6) is 0.468. The van der Waals surface area contributed by atoms with Crippen molar-refractivity contribution in [2.45, 2.75) is 6.92 Å². The van der Waals surface area contributed by atoms with Crippen molar-refractivity contribution in [3.8, 4) is 11.5 Å². The van der Waals surface area contributed by atoms with Gasteiger partial charge in [0.15, 0.2) is 11.5 Å². The van der Waals surface area contributed by atoms with E-state index in [-0.39, 0.29) is 11.8 Å². The van der Waals surface area contributed by atoms with Gasteiger partial charge in [-0.2, -0.15) is 0 Å². The lowest BCUT2D eigenvalue weighted by Crippen LogP contribution is -2.17. The molecule has 142 valence electrons. The number of nitrogens with one attached hydrogen (secondary N) is 2. The molecule has 0 spiro atoms. The maximum atomic E-state index is 12.1. The van der Waals surface area contributed by atoms with E-state index in [1.54, 1.807) is 49.5 Å². The fraction of sp³-hybridized carbons (Fsp3) is 0.200. The number of halogens is 1. The molecule has 7 heteroatoms. The fourth-order valence-corrected chi connectivity index (χ4v) is 2.65. The van der Waals surface area contributed by atoms with Gasteiger partial charge in [0.25, 0.3) is 5.91 Å². The third-order valence-corrected chi connectivity index (χ3v) is 3.89. The van der Waals surface area contributed by atoms with Gasteiger partial charge in [0, 0.05) is 24.4 Å². The van der Waals surface area contributed by atoms with Crippen LogP contribution in [-0.2, 0) is 4.79 Å². The molecule has 0 heterocycles. The Kier molecular flexibility index (Phi) is 7.25. The second kappa shape index (κ2) is 9.64. The number of carbonyl (C=O) groups is 2. The van der Waals surface area contributed by atoms with Crippen molar-refractivity contribution in [1.29, 1.82) is 0 Å². The number of hydrogen-bond acceptors (Lipinski definition) is 4. The van der Waals surface area contributed by atoms with Crippen LogP contribution in [0, 0.1) is 0 Å². The van der Waals surface area contributed by atoms with Gasteiger partial charge in [-0.3, -0.25) is 9.59 Å². The molecule has 0 aliphatic carbocycles. The van der Waals surface area contributed by atoms with Crippen LogP contribution in [0.2, 0.25) is 5.02 Å². The molecule has 0 aliphatic heterocycles. The van der Waals surface area contributed by atoms with E-state index >= 15 is 0 Å². The van der Waals surface area contributed by atoms with Gasteiger partial charge in [-0.15, -0.1) is 0 Å². The summed E-state index contributed by atoms with van der Waals surface area (Å²) >= 11 is 6.20. The first-order valence-electron chi connectivity index (χ1n) is 8.30. The smallest absolute Gasteiger partial charge is 0.251 e. The van der Waals surface area contributed by atoms with Crippen LogP contribution in [-0.4, -0.2) is 32.6 Å². The molecule has 0 radical (unpaired) electrons. The Bertz CT molecular complexity index is 848. The highest BCUT2D eigenvalue weighted by molar-refractivity contribution is 6.32. The van der Waals surface area contributed by atoms with Gasteiger partial charge < -0.3 is 20.1 Å². The molecule has 2 aromatic carbocycles. The highest BCUT2D eigenvalue weighted by Crippen LogP contribution is 2.36. The van der Waals surface area contributed by atoms with E-state index in [0.29, 0.717) is 39.9 Å². The van der Waals surface area contributed by atoms with E-state index in [1.807, 2.05) is 6.92 Å². The van der Waals surface area contributed by atoms with E-state index in [1.165, 1.54) is 13.2 Å². The molecule has 0 atom stereocenters. The average molecular weight is 389 g/mol. The first kappa shape index (κ1) is 20.3. The average Bonchev–Trinajstić information content (AvgIpc) is 2.66. The Balaban J connectivity index is 2.09. The van der Waals surface area contributed by atoms with Gasteiger partial charge >= 0.3 is 0 Å².